The Labute approximate surface area is 156 Å². The van der Waals surface area contributed by atoms with E-state index in [1.807, 2.05) is 45.0 Å². The Morgan fingerprint density at radius 3 is 2.65 bits per heavy atom. The molecular formula is C18H28N4O3S. The Bertz CT molecular complexity index is 793. The molecule has 7 nitrogen and oxygen atoms in total. The van der Waals surface area contributed by atoms with Crippen LogP contribution in [-0.4, -0.2) is 74.9 Å². The second-order valence-corrected chi connectivity index (χ2v) is 9.51. The normalized spacial score (nSPS) is 24.6. The van der Waals surface area contributed by atoms with Gasteiger partial charge in [-0.2, -0.15) is 4.31 Å². The molecular weight excluding hydrogens is 352 g/mol. The molecule has 0 bridgehead atoms. The number of benzene rings is 1. The second kappa shape index (κ2) is 6.83. The van der Waals surface area contributed by atoms with Gasteiger partial charge in [-0.25, -0.2) is 13.2 Å². The Morgan fingerprint density at radius 1 is 1.31 bits per heavy atom. The van der Waals surface area contributed by atoms with Crippen LogP contribution in [0.2, 0.25) is 0 Å². The first kappa shape index (κ1) is 19.1. The second-order valence-electron chi connectivity index (χ2n) is 7.68. The van der Waals surface area contributed by atoms with Gasteiger partial charge in [-0.05, 0) is 46.0 Å². The fourth-order valence-corrected chi connectivity index (χ4v) is 5.97. The number of sulfonamides is 1. The van der Waals surface area contributed by atoms with Gasteiger partial charge in [-0.3, -0.25) is 0 Å². The third-order valence-corrected chi connectivity index (χ3v) is 7.16. The minimum atomic E-state index is -3.56. The number of nitrogens with zero attached hydrogens (tertiary/aromatic N) is 3. The molecule has 1 atom stereocenters. The molecule has 1 unspecified atom stereocenters. The zero-order chi connectivity index (χ0) is 19.1. The fraction of sp³-hybridized carbons (Fsp3) is 0.611. The van der Waals surface area contributed by atoms with Gasteiger partial charge in [0.05, 0.1) is 10.4 Å². The third kappa shape index (κ3) is 3.10. The van der Waals surface area contributed by atoms with Gasteiger partial charge in [0.2, 0.25) is 10.0 Å². The van der Waals surface area contributed by atoms with E-state index in [4.69, 9.17) is 0 Å². The largest absolute Gasteiger partial charge is 0.336 e. The van der Waals surface area contributed by atoms with Crippen molar-refractivity contribution in [2.24, 2.45) is 0 Å². The van der Waals surface area contributed by atoms with Gasteiger partial charge in [-0.1, -0.05) is 18.2 Å². The molecule has 1 aromatic carbocycles. The number of likely N-dealkylation sites (tertiary alicyclic amines) is 1. The van der Waals surface area contributed by atoms with Crippen molar-refractivity contribution in [2.75, 3.05) is 40.3 Å². The summed E-state index contributed by atoms with van der Waals surface area (Å²) in [5, 5.41) is 2.91. The van der Waals surface area contributed by atoms with Crippen LogP contribution < -0.4 is 5.32 Å². The quantitative estimate of drug-likeness (QED) is 0.854. The highest BCUT2D eigenvalue weighted by molar-refractivity contribution is 7.89. The summed E-state index contributed by atoms with van der Waals surface area (Å²) in [4.78, 5) is 16.6. The van der Waals surface area contributed by atoms with Crippen molar-refractivity contribution in [3.8, 4) is 0 Å². The van der Waals surface area contributed by atoms with Crippen LogP contribution in [0.1, 0.15) is 25.8 Å². The zero-order valence-electron chi connectivity index (χ0n) is 15.9. The number of urea groups is 1. The molecule has 1 saturated heterocycles. The molecule has 0 aromatic heterocycles. The summed E-state index contributed by atoms with van der Waals surface area (Å²) in [5.74, 6) is 0. The Hall–Kier alpha value is -1.64. The van der Waals surface area contributed by atoms with E-state index in [9.17, 15) is 13.2 Å². The lowest BCUT2D eigenvalue weighted by molar-refractivity contribution is 0.173. The number of fused-ring (bicyclic) bond motifs is 2. The predicted molar refractivity (Wildman–Crippen MR) is 100 cm³/mol. The van der Waals surface area contributed by atoms with Gasteiger partial charge in [-0.15, -0.1) is 0 Å². The van der Waals surface area contributed by atoms with Crippen LogP contribution in [0.25, 0.3) is 0 Å². The molecule has 8 heteroatoms. The molecule has 2 amide bonds. The van der Waals surface area contributed by atoms with Gasteiger partial charge >= 0.3 is 6.03 Å². The first-order valence-electron chi connectivity index (χ1n) is 9.01. The molecule has 2 heterocycles. The summed E-state index contributed by atoms with van der Waals surface area (Å²) in [5.41, 5.74) is 0.151. The highest BCUT2D eigenvalue weighted by Crippen LogP contribution is 2.49. The molecule has 2 aliphatic rings. The number of likely N-dealkylation sites (N-methyl/N-ethyl adjacent to an activating group) is 1. The maximum Gasteiger partial charge on any atom is 0.317 e. The zero-order valence-corrected chi connectivity index (χ0v) is 16.7. The van der Waals surface area contributed by atoms with E-state index in [1.54, 1.807) is 21.3 Å². The Morgan fingerprint density at radius 2 is 2.00 bits per heavy atom. The van der Waals surface area contributed by atoms with Crippen molar-refractivity contribution in [1.82, 2.24) is 19.4 Å². The molecule has 0 saturated carbocycles. The average Bonchev–Trinajstić information content (AvgIpc) is 3.06. The van der Waals surface area contributed by atoms with Crippen LogP contribution in [0, 0.1) is 0 Å². The monoisotopic (exact) mass is 380 g/mol. The van der Waals surface area contributed by atoms with Crippen LogP contribution in [0.3, 0.4) is 0 Å². The lowest BCUT2D eigenvalue weighted by Crippen LogP contribution is -2.50. The van der Waals surface area contributed by atoms with Crippen LogP contribution >= 0.6 is 0 Å². The minimum absolute atomic E-state index is 0.0449. The topological polar surface area (TPSA) is 73.0 Å². The van der Waals surface area contributed by atoms with Gasteiger partial charge in [0, 0.05) is 32.2 Å². The number of rotatable bonds is 4. The van der Waals surface area contributed by atoms with Crippen molar-refractivity contribution in [1.29, 1.82) is 0 Å². The van der Waals surface area contributed by atoms with E-state index in [0.29, 0.717) is 37.5 Å². The maximum atomic E-state index is 13.2. The predicted octanol–water partition coefficient (Wildman–Crippen LogP) is 1.27. The van der Waals surface area contributed by atoms with Crippen LogP contribution in [0.15, 0.2) is 29.2 Å². The summed E-state index contributed by atoms with van der Waals surface area (Å²) in [6, 6.07) is 7.13. The van der Waals surface area contributed by atoms with Gasteiger partial charge in [0.25, 0.3) is 0 Å². The molecule has 2 aliphatic heterocycles. The molecule has 26 heavy (non-hydrogen) atoms. The standard InChI is InChI=1S/C18H28N4O3S/c1-14(2)19-17(23)21-10-9-18(13-21)15-7-5-6-8-16(15)26(24,25)22(18)12-11-20(3)4/h5-8,14H,9-13H2,1-4H3,(H,19,23). The van der Waals surface area contributed by atoms with Crippen molar-refractivity contribution >= 4 is 16.1 Å². The lowest BCUT2D eigenvalue weighted by atomic mass is 9.89. The van der Waals surface area contributed by atoms with E-state index in [1.165, 1.54) is 0 Å². The SMILES string of the molecule is CC(C)NC(=O)N1CCC2(C1)c1ccccc1S(=O)(=O)N2CCN(C)C. The number of hydrogen-bond donors (Lipinski definition) is 1. The average molecular weight is 381 g/mol. The third-order valence-electron chi connectivity index (χ3n) is 5.13. The highest BCUT2D eigenvalue weighted by atomic mass is 32.2. The Kier molecular flexibility index (Phi) is 5.02. The van der Waals surface area contributed by atoms with Gasteiger partial charge in [0.15, 0.2) is 0 Å². The van der Waals surface area contributed by atoms with Crippen molar-refractivity contribution < 1.29 is 13.2 Å². The Balaban J connectivity index is 1.98. The van der Waals surface area contributed by atoms with E-state index in [2.05, 4.69) is 5.32 Å². The first-order chi connectivity index (χ1) is 12.2. The molecule has 1 fully saturated rings. The van der Waals surface area contributed by atoms with E-state index >= 15 is 0 Å². The molecule has 144 valence electrons. The lowest BCUT2D eigenvalue weighted by Gasteiger charge is -2.34. The van der Waals surface area contributed by atoms with Crippen molar-refractivity contribution in [3.05, 3.63) is 29.8 Å². The number of hydrogen-bond acceptors (Lipinski definition) is 4. The summed E-state index contributed by atoms with van der Waals surface area (Å²) in [6.45, 7) is 5.80. The molecule has 1 N–H and O–H groups in total. The molecule has 0 aliphatic carbocycles. The van der Waals surface area contributed by atoms with E-state index < -0.39 is 15.6 Å². The van der Waals surface area contributed by atoms with Crippen molar-refractivity contribution in [3.63, 3.8) is 0 Å². The summed E-state index contributed by atoms with van der Waals surface area (Å²) in [6.07, 6.45) is 0.613. The molecule has 3 rings (SSSR count). The first-order valence-corrected chi connectivity index (χ1v) is 10.4. The number of amides is 2. The number of carbonyl (C=O) groups excluding carboxylic acids is 1. The van der Waals surface area contributed by atoms with Gasteiger partial charge < -0.3 is 15.1 Å². The summed E-state index contributed by atoms with van der Waals surface area (Å²) in [7, 11) is 0.302. The van der Waals surface area contributed by atoms with Crippen LogP contribution in [-0.2, 0) is 15.6 Å². The fourth-order valence-electron chi connectivity index (χ4n) is 3.91. The summed E-state index contributed by atoms with van der Waals surface area (Å²) < 4.78 is 28.0. The molecule has 0 radical (unpaired) electrons. The van der Waals surface area contributed by atoms with E-state index in [-0.39, 0.29) is 12.1 Å². The van der Waals surface area contributed by atoms with E-state index in [0.717, 1.165) is 5.56 Å². The highest BCUT2D eigenvalue weighted by Gasteiger charge is 2.57. The summed E-state index contributed by atoms with van der Waals surface area (Å²) >= 11 is 0. The minimum Gasteiger partial charge on any atom is -0.336 e. The number of carbonyl (C=O) groups is 1. The molecule has 1 spiro atoms. The van der Waals surface area contributed by atoms with Gasteiger partial charge in [0.1, 0.15) is 0 Å². The smallest absolute Gasteiger partial charge is 0.317 e. The van der Waals surface area contributed by atoms with Crippen LogP contribution in [0.4, 0.5) is 4.79 Å². The van der Waals surface area contributed by atoms with Crippen molar-refractivity contribution in [2.45, 2.75) is 36.7 Å². The molecule has 1 aromatic rings. The number of nitrogens with one attached hydrogen (secondary N) is 1. The maximum absolute atomic E-state index is 13.2. The van der Waals surface area contributed by atoms with Crippen LogP contribution in [0.5, 0.6) is 0 Å².